The Morgan fingerprint density at radius 2 is 2.13 bits per heavy atom. The Bertz CT molecular complexity index is 583. The van der Waals surface area contributed by atoms with Gasteiger partial charge in [0.25, 0.3) is 0 Å². The quantitative estimate of drug-likeness (QED) is 0.790. The number of halogens is 1. The lowest BCUT2D eigenvalue weighted by molar-refractivity contribution is 0.969. The first-order valence-electron chi connectivity index (χ1n) is 4.26. The van der Waals surface area contributed by atoms with E-state index in [1.807, 2.05) is 25.1 Å². The highest BCUT2D eigenvalue weighted by Gasteiger charge is 2.07. The van der Waals surface area contributed by atoms with Crippen LogP contribution in [-0.2, 0) is 0 Å². The first-order chi connectivity index (χ1) is 7.09. The molecule has 0 spiro atoms. The van der Waals surface area contributed by atoms with Crippen molar-refractivity contribution < 1.29 is 0 Å². The van der Waals surface area contributed by atoms with E-state index in [1.165, 1.54) is 4.57 Å². The Hall–Kier alpha value is -1.14. The van der Waals surface area contributed by atoms with Crippen molar-refractivity contribution in [2.24, 2.45) is 0 Å². The van der Waals surface area contributed by atoms with Crippen molar-refractivity contribution in [2.45, 2.75) is 6.92 Å². The number of nitrogens with one attached hydrogen (secondary N) is 2. The Morgan fingerprint density at radius 1 is 1.40 bits per heavy atom. The van der Waals surface area contributed by atoms with E-state index < -0.39 is 0 Å². The van der Waals surface area contributed by atoms with Gasteiger partial charge in [0, 0.05) is 4.47 Å². The fourth-order valence-corrected chi connectivity index (χ4v) is 2.23. The van der Waals surface area contributed by atoms with Gasteiger partial charge in [-0.3, -0.25) is 5.10 Å². The zero-order valence-corrected chi connectivity index (χ0v) is 10.3. The summed E-state index contributed by atoms with van der Waals surface area (Å²) in [4.78, 5) is 11.5. The van der Waals surface area contributed by atoms with E-state index in [4.69, 9.17) is 12.2 Å². The van der Waals surface area contributed by atoms with Crippen LogP contribution in [0.4, 0.5) is 0 Å². The highest BCUT2D eigenvalue weighted by Crippen LogP contribution is 2.20. The zero-order chi connectivity index (χ0) is 11.0. The van der Waals surface area contributed by atoms with Crippen molar-refractivity contribution in [1.82, 2.24) is 14.8 Å². The molecule has 0 bridgehead atoms. The Morgan fingerprint density at radius 3 is 2.67 bits per heavy atom. The summed E-state index contributed by atoms with van der Waals surface area (Å²) in [6, 6.07) is 5.70. The molecule has 0 unspecified atom stereocenters. The normalized spacial score (nSPS) is 10.5. The number of hydrogen-bond donors (Lipinski definition) is 2. The van der Waals surface area contributed by atoms with Gasteiger partial charge in [-0.05, 0) is 52.8 Å². The number of hydrogen-bond acceptors (Lipinski definition) is 2. The molecule has 0 saturated carbocycles. The maximum absolute atomic E-state index is 11.5. The van der Waals surface area contributed by atoms with E-state index in [0.29, 0.717) is 4.77 Å². The molecule has 0 fully saturated rings. The molecule has 0 aliphatic heterocycles. The largest absolute Gasteiger partial charge is 0.347 e. The van der Waals surface area contributed by atoms with Crippen molar-refractivity contribution in [2.75, 3.05) is 0 Å². The lowest BCUT2D eigenvalue weighted by Gasteiger charge is -2.04. The number of aromatic amines is 2. The maximum atomic E-state index is 11.5. The van der Waals surface area contributed by atoms with Crippen LogP contribution in [0.25, 0.3) is 5.69 Å². The molecule has 15 heavy (non-hydrogen) atoms. The molecule has 2 aromatic rings. The minimum atomic E-state index is -0.274. The molecule has 0 aliphatic carbocycles. The topological polar surface area (TPSA) is 53.6 Å². The van der Waals surface area contributed by atoms with Gasteiger partial charge < -0.3 is 0 Å². The predicted molar refractivity (Wildman–Crippen MR) is 64.0 cm³/mol. The smallest absolute Gasteiger partial charge is 0.272 e. The average Bonchev–Trinajstić information content (AvgIpc) is 2.48. The fraction of sp³-hybridized carbons (Fsp3) is 0.111. The van der Waals surface area contributed by atoms with Gasteiger partial charge >= 0.3 is 5.69 Å². The Kier molecular flexibility index (Phi) is 2.62. The average molecular weight is 286 g/mol. The molecule has 0 atom stereocenters. The van der Waals surface area contributed by atoms with Crippen molar-refractivity contribution >= 4 is 28.1 Å². The molecular weight excluding hydrogens is 278 g/mol. The Balaban J connectivity index is 2.75. The van der Waals surface area contributed by atoms with Crippen molar-refractivity contribution in [3.8, 4) is 5.69 Å². The predicted octanol–water partition coefficient (Wildman–Crippen LogP) is 2.29. The van der Waals surface area contributed by atoms with Gasteiger partial charge in [0.1, 0.15) is 0 Å². The molecule has 2 N–H and O–H groups in total. The monoisotopic (exact) mass is 285 g/mol. The first-order valence-corrected chi connectivity index (χ1v) is 5.46. The number of rotatable bonds is 1. The van der Waals surface area contributed by atoms with Crippen molar-refractivity contribution in [3.63, 3.8) is 0 Å². The third kappa shape index (κ3) is 1.82. The molecule has 0 aliphatic rings. The van der Waals surface area contributed by atoms with E-state index >= 15 is 0 Å². The van der Waals surface area contributed by atoms with Crippen molar-refractivity contribution in [1.29, 1.82) is 0 Å². The summed E-state index contributed by atoms with van der Waals surface area (Å²) >= 11 is 8.41. The van der Waals surface area contributed by atoms with Crippen LogP contribution in [0.3, 0.4) is 0 Å². The summed E-state index contributed by atoms with van der Waals surface area (Å²) in [5, 5.41) is 5.03. The molecule has 0 radical (unpaired) electrons. The van der Waals surface area contributed by atoms with Gasteiger partial charge in [-0.1, -0.05) is 6.07 Å². The van der Waals surface area contributed by atoms with Gasteiger partial charge in [-0.2, -0.15) is 0 Å². The molecule has 78 valence electrons. The lowest BCUT2D eigenvalue weighted by Crippen LogP contribution is -2.15. The van der Waals surface area contributed by atoms with E-state index in [0.717, 1.165) is 15.7 Å². The lowest BCUT2D eigenvalue weighted by atomic mass is 10.2. The second kappa shape index (κ2) is 3.79. The van der Waals surface area contributed by atoms with Crippen LogP contribution in [0.5, 0.6) is 0 Å². The highest BCUT2D eigenvalue weighted by atomic mass is 79.9. The molecule has 1 aromatic heterocycles. The third-order valence-electron chi connectivity index (χ3n) is 2.03. The number of nitrogens with zero attached hydrogens (tertiary/aromatic N) is 1. The second-order valence-electron chi connectivity index (χ2n) is 3.15. The SMILES string of the molecule is Cc1ccc(-n2c(=O)[nH][nH]c2=S)c(Br)c1. The highest BCUT2D eigenvalue weighted by molar-refractivity contribution is 9.10. The standard InChI is InChI=1S/C9H8BrN3OS/c1-5-2-3-7(6(10)4-5)13-8(14)11-12-9(13)15/h2-4H,1H3,(H,11,14)(H,12,15). The van der Waals surface area contributed by atoms with Gasteiger partial charge in [0.15, 0.2) is 0 Å². The maximum Gasteiger partial charge on any atom is 0.347 e. The van der Waals surface area contributed by atoms with Crippen LogP contribution in [0.15, 0.2) is 27.5 Å². The molecule has 6 heteroatoms. The molecule has 1 aromatic carbocycles. The molecule has 4 nitrogen and oxygen atoms in total. The number of aryl methyl sites for hydroxylation is 1. The van der Waals surface area contributed by atoms with Crippen LogP contribution in [0.1, 0.15) is 5.56 Å². The summed E-state index contributed by atoms with van der Waals surface area (Å²) in [6.45, 7) is 1.98. The minimum Gasteiger partial charge on any atom is -0.272 e. The first kappa shape index (κ1) is 10.4. The summed E-state index contributed by atoms with van der Waals surface area (Å²) in [6.07, 6.45) is 0. The van der Waals surface area contributed by atoms with E-state index in [2.05, 4.69) is 26.1 Å². The Labute approximate surface area is 99.1 Å². The fourth-order valence-electron chi connectivity index (χ4n) is 1.32. The van der Waals surface area contributed by atoms with Crippen LogP contribution in [-0.4, -0.2) is 14.8 Å². The van der Waals surface area contributed by atoms with Crippen LogP contribution < -0.4 is 5.69 Å². The van der Waals surface area contributed by atoms with Gasteiger partial charge in [0.2, 0.25) is 4.77 Å². The van der Waals surface area contributed by atoms with E-state index in [9.17, 15) is 4.79 Å². The van der Waals surface area contributed by atoms with Crippen LogP contribution in [0, 0.1) is 11.7 Å². The second-order valence-corrected chi connectivity index (χ2v) is 4.39. The number of benzene rings is 1. The molecule has 0 amide bonds. The van der Waals surface area contributed by atoms with Gasteiger partial charge in [-0.25, -0.2) is 14.5 Å². The summed E-state index contributed by atoms with van der Waals surface area (Å²) in [5.41, 5.74) is 1.57. The third-order valence-corrected chi connectivity index (χ3v) is 2.95. The summed E-state index contributed by atoms with van der Waals surface area (Å²) in [7, 11) is 0. The van der Waals surface area contributed by atoms with E-state index in [-0.39, 0.29) is 5.69 Å². The summed E-state index contributed by atoms with van der Waals surface area (Å²) in [5.74, 6) is 0. The number of aromatic nitrogens is 3. The summed E-state index contributed by atoms with van der Waals surface area (Å²) < 4.78 is 2.59. The van der Waals surface area contributed by atoms with Crippen LogP contribution in [0.2, 0.25) is 0 Å². The zero-order valence-electron chi connectivity index (χ0n) is 7.87. The molecule has 0 saturated heterocycles. The van der Waals surface area contributed by atoms with E-state index in [1.54, 1.807) is 0 Å². The molecule has 2 rings (SSSR count). The number of H-pyrrole nitrogens is 2. The van der Waals surface area contributed by atoms with Gasteiger partial charge in [0.05, 0.1) is 5.69 Å². The molecule has 1 heterocycles. The van der Waals surface area contributed by atoms with Crippen molar-refractivity contribution in [3.05, 3.63) is 43.5 Å². The molecular formula is C9H8BrN3OS. The van der Waals surface area contributed by atoms with Gasteiger partial charge in [-0.15, -0.1) is 0 Å². The van der Waals surface area contributed by atoms with Crippen LogP contribution >= 0.6 is 28.1 Å². The minimum absolute atomic E-state index is 0.274.